The molecule has 3 aromatic rings. The Kier molecular flexibility index (Phi) is 7.78. The largest absolute Gasteiger partial charge is 0.495 e. The molecule has 0 saturated carbocycles. The lowest BCUT2D eigenvalue weighted by Gasteiger charge is -2.19. The van der Waals surface area contributed by atoms with E-state index < -0.39 is 0 Å². The minimum atomic E-state index is -0.123. The van der Waals surface area contributed by atoms with Crippen LogP contribution in [0.3, 0.4) is 0 Å². The number of hydrogen-bond acceptors (Lipinski definition) is 6. The summed E-state index contributed by atoms with van der Waals surface area (Å²) in [6.07, 6.45) is 0.902. The molecule has 7 heteroatoms. The van der Waals surface area contributed by atoms with Gasteiger partial charge in [0.1, 0.15) is 5.75 Å². The average molecular weight is 423 g/mol. The summed E-state index contributed by atoms with van der Waals surface area (Å²) in [5.41, 5.74) is 2.83. The molecular formula is C24H30N4O3. The zero-order chi connectivity index (χ0) is 22.2. The van der Waals surface area contributed by atoms with Gasteiger partial charge in [-0.1, -0.05) is 62.3 Å². The molecule has 0 spiro atoms. The van der Waals surface area contributed by atoms with Gasteiger partial charge in [0, 0.05) is 5.56 Å². The molecule has 1 amide bonds. The molecule has 0 aliphatic heterocycles. The van der Waals surface area contributed by atoms with E-state index in [1.54, 1.807) is 7.11 Å². The third-order valence-corrected chi connectivity index (χ3v) is 4.95. The molecule has 1 N–H and O–H groups in total. The van der Waals surface area contributed by atoms with E-state index in [9.17, 15) is 4.79 Å². The van der Waals surface area contributed by atoms with Crippen LogP contribution in [-0.4, -0.2) is 41.1 Å². The van der Waals surface area contributed by atoms with Gasteiger partial charge in [0.25, 0.3) is 0 Å². The normalized spacial score (nSPS) is 11.2. The number of anilines is 1. The molecule has 0 aliphatic rings. The van der Waals surface area contributed by atoms with Gasteiger partial charge in [-0.25, -0.2) is 0 Å². The number of benzene rings is 2. The first kappa shape index (κ1) is 22.5. The third kappa shape index (κ3) is 6.15. The molecule has 0 saturated heterocycles. The van der Waals surface area contributed by atoms with Gasteiger partial charge in [-0.15, -0.1) is 0 Å². The number of carbonyl (C=O) groups is 1. The van der Waals surface area contributed by atoms with Gasteiger partial charge in [0.2, 0.25) is 17.6 Å². The summed E-state index contributed by atoms with van der Waals surface area (Å²) >= 11 is 0. The Hall–Kier alpha value is -3.19. The standard InChI is InChI=1S/C24H30N4O3/c1-5-14-28(15-22(29)25-20-8-6-7-9-21(20)30-4)16-23-26-24(27-31-23)19-12-10-18(11-13-19)17(2)3/h6-13,17H,5,14-16H2,1-4H3,(H,25,29). The van der Waals surface area contributed by atoms with E-state index in [1.807, 2.05) is 41.3 Å². The molecule has 3 rings (SSSR count). The van der Waals surface area contributed by atoms with Gasteiger partial charge in [0.05, 0.1) is 25.9 Å². The van der Waals surface area contributed by atoms with Crippen molar-refractivity contribution in [2.75, 3.05) is 25.5 Å². The van der Waals surface area contributed by atoms with Crippen molar-refractivity contribution < 1.29 is 14.1 Å². The number of nitrogens with zero attached hydrogens (tertiary/aromatic N) is 3. The van der Waals surface area contributed by atoms with Crippen LogP contribution < -0.4 is 10.1 Å². The summed E-state index contributed by atoms with van der Waals surface area (Å²) in [4.78, 5) is 19.1. The zero-order valence-corrected chi connectivity index (χ0v) is 18.6. The molecule has 0 atom stereocenters. The van der Waals surface area contributed by atoms with Gasteiger partial charge >= 0.3 is 0 Å². The second-order valence-electron chi connectivity index (χ2n) is 7.75. The van der Waals surface area contributed by atoms with E-state index in [0.29, 0.717) is 35.6 Å². The molecule has 164 valence electrons. The smallest absolute Gasteiger partial charge is 0.241 e. The highest BCUT2D eigenvalue weighted by Crippen LogP contribution is 2.23. The lowest BCUT2D eigenvalue weighted by Crippen LogP contribution is -2.33. The first-order chi connectivity index (χ1) is 15.0. The maximum atomic E-state index is 12.6. The second-order valence-corrected chi connectivity index (χ2v) is 7.75. The quantitative estimate of drug-likeness (QED) is 0.509. The van der Waals surface area contributed by atoms with E-state index in [1.165, 1.54) is 5.56 Å². The summed E-state index contributed by atoms with van der Waals surface area (Å²) in [7, 11) is 1.58. The fraction of sp³-hybridized carbons (Fsp3) is 0.375. The summed E-state index contributed by atoms with van der Waals surface area (Å²) < 4.78 is 10.8. The Labute approximate surface area is 183 Å². The van der Waals surface area contributed by atoms with Crippen LogP contribution in [-0.2, 0) is 11.3 Å². The molecule has 0 unspecified atom stereocenters. The minimum absolute atomic E-state index is 0.123. The summed E-state index contributed by atoms with van der Waals surface area (Å²) in [6, 6.07) is 15.5. The summed E-state index contributed by atoms with van der Waals surface area (Å²) in [5, 5.41) is 7.02. The summed E-state index contributed by atoms with van der Waals surface area (Å²) in [6.45, 7) is 7.75. The topological polar surface area (TPSA) is 80.5 Å². The molecule has 0 bridgehead atoms. The number of aromatic nitrogens is 2. The van der Waals surface area contributed by atoms with Crippen molar-refractivity contribution in [1.29, 1.82) is 0 Å². The van der Waals surface area contributed by atoms with E-state index in [-0.39, 0.29) is 12.5 Å². The van der Waals surface area contributed by atoms with Crippen molar-refractivity contribution >= 4 is 11.6 Å². The Morgan fingerprint density at radius 3 is 2.58 bits per heavy atom. The molecule has 7 nitrogen and oxygen atoms in total. The van der Waals surface area contributed by atoms with Crippen molar-refractivity contribution in [3.63, 3.8) is 0 Å². The fourth-order valence-corrected chi connectivity index (χ4v) is 3.32. The number of nitrogens with one attached hydrogen (secondary N) is 1. The van der Waals surface area contributed by atoms with E-state index in [2.05, 4.69) is 48.4 Å². The minimum Gasteiger partial charge on any atom is -0.495 e. The van der Waals surface area contributed by atoms with Crippen molar-refractivity contribution in [3.05, 3.63) is 60.0 Å². The Balaban J connectivity index is 1.64. The number of amides is 1. The third-order valence-electron chi connectivity index (χ3n) is 4.95. The van der Waals surface area contributed by atoms with Gasteiger partial charge in [0.15, 0.2) is 0 Å². The first-order valence-electron chi connectivity index (χ1n) is 10.6. The number of methoxy groups -OCH3 is 1. The maximum absolute atomic E-state index is 12.6. The zero-order valence-electron chi connectivity index (χ0n) is 18.6. The maximum Gasteiger partial charge on any atom is 0.241 e. The van der Waals surface area contributed by atoms with E-state index in [4.69, 9.17) is 9.26 Å². The second kappa shape index (κ2) is 10.7. The van der Waals surface area contributed by atoms with Crippen LogP contribution >= 0.6 is 0 Å². The van der Waals surface area contributed by atoms with Gasteiger partial charge in [-0.2, -0.15) is 4.98 Å². The van der Waals surface area contributed by atoms with Crippen LogP contribution in [0.4, 0.5) is 5.69 Å². The van der Waals surface area contributed by atoms with E-state index in [0.717, 1.165) is 18.5 Å². The molecule has 0 radical (unpaired) electrons. The van der Waals surface area contributed by atoms with E-state index >= 15 is 0 Å². The number of ether oxygens (including phenoxy) is 1. The Morgan fingerprint density at radius 1 is 1.16 bits per heavy atom. The molecular weight excluding hydrogens is 392 g/mol. The summed E-state index contributed by atoms with van der Waals surface area (Å²) in [5.74, 6) is 2.02. The van der Waals surface area contributed by atoms with Crippen LogP contribution in [0, 0.1) is 0 Å². The monoisotopic (exact) mass is 422 g/mol. The molecule has 0 aliphatic carbocycles. The van der Waals surface area contributed by atoms with Crippen LogP contribution in [0.15, 0.2) is 53.1 Å². The predicted octanol–water partition coefficient (Wildman–Crippen LogP) is 4.72. The fourth-order valence-electron chi connectivity index (χ4n) is 3.32. The predicted molar refractivity (Wildman–Crippen MR) is 121 cm³/mol. The Bertz CT molecular complexity index is 982. The number of carbonyl (C=O) groups excluding carboxylic acids is 1. The van der Waals surface area contributed by atoms with Crippen LogP contribution in [0.25, 0.3) is 11.4 Å². The SMILES string of the molecule is CCCN(CC(=O)Nc1ccccc1OC)Cc1nc(-c2ccc(C(C)C)cc2)no1. The highest BCUT2D eigenvalue weighted by Gasteiger charge is 2.16. The lowest BCUT2D eigenvalue weighted by molar-refractivity contribution is -0.117. The highest BCUT2D eigenvalue weighted by molar-refractivity contribution is 5.93. The van der Waals surface area contributed by atoms with Crippen molar-refractivity contribution in [3.8, 4) is 17.1 Å². The molecule has 31 heavy (non-hydrogen) atoms. The van der Waals surface area contributed by atoms with Crippen LogP contribution in [0.2, 0.25) is 0 Å². The lowest BCUT2D eigenvalue weighted by atomic mass is 10.0. The van der Waals surface area contributed by atoms with Gasteiger partial charge in [-0.05, 0) is 36.6 Å². The molecule has 0 fully saturated rings. The van der Waals surface area contributed by atoms with Crippen LogP contribution in [0.1, 0.15) is 44.6 Å². The first-order valence-corrected chi connectivity index (χ1v) is 10.6. The highest BCUT2D eigenvalue weighted by atomic mass is 16.5. The van der Waals surface area contributed by atoms with Crippen LogP contribution in [0.5, 0.6) is 5.75 Å². The van der Waals surface area contributed by atoms with Gasteiger partial charge < -0.3 is 14.6 Å². The Morgan fingerprint density at radius 2 is 1.90 bits per heavy atom. The number of rotatable bonds is 10. The van der Waals surface area contributed by atoms with Crippen molar-refractivity contribution in [2.24, 2.45) is 0 Å². The number of hydrogen-bond donors (Lipinski definition) is 1. The molecule has 1 heterocycles. The van der Waals surface area contributed by atoms with Crippen molar-refractivity contribution in [2.45, 2.75) is 39.7 Å². The van der Waals surface area contributed by atoms with Gasteiger partial charge in [-0.3, -0.25) is 9.69 Å². The number of para-hydroxylation sites is 2. The molecule has 2 aromatic carbocycles. The molecule has 1 aromatic heterocycles. The van der Waals surface area contributed by atoms with Crippen molar-refractivity contribution in [1.82, 2.24) is 15.0 Å². The average Bonchev–Trinajstić information content (AvgIpc) is 3.22.